The van der Waals surface area contributed by atoms with Crippen molar-refractivity contribution in [1.29, 1.82) is 0 Å². The maximum Gasteiger partial charge on any atom is 0.227 e. The SMILES string of the molecule is CC(=O)SCC1CC(=O)N(c2cc3ccccc3cc2N)C1. The molecule has 1 fully saturated rings. The summed E-state index contributed by atoms with van der Waals surface area (Å²) in [6, 6.07) is 11.9. The lowest BCUT2D eigenvalue weighted by atomic mass is 10.1. The zero-order chi connectivity index (χ0) is 15.7. The predicted octanol–water partition coefficient (Wildman–Crippen LogP) is 3.05. The first-order valence-electron chi connectivity index (χ1n) is 7.26. The smallest absolute Gasteiger partial charge is 0.227 e. The number of benzene rings is 2. The van der Waals surface area contributed by atoms with Crippen LogP contribution in [0.2, 0.25) is 0 Å². The Labute approximate surface area is 133 Å². The van der Waals surface area contributed by atoms with E-state index in [-0.39, 0.29) is 16.9 Å². The van der Waals surface area contributed by atoms with E-state index in [0.29, 0.717) is 24.4 Å². The fourth-order valence-corrected chi connectivity index (χ4v) is 3.53. The zero-order valence-corrected chi connectivity index (χ0v) is 13.2. The minimum Gasteiger partial charge on any atom is -0.397 e. The quantitative estimate of drug-likeness (QED) is 0.884. The second-order valence-corrected chi connectivity index (χ2v) is 6.83. The van der Waals surface area contributed by atoms with Crippen LogP contribution >= 0.6 is 11.8 Å². The Bertz CT molecular complexity index is 745. The van der Waals surface area contributed by atoms with E-state index in [1.807, 2.05) is 36.4 Å². The number of hydrogen-bond acceptors (Lipinski definition) is 4. The van der Waals surface area contributed by atoms with Gasteiger partial charge in [-0.25, -0.2) is 0 Å². The van der Waals surface area contributed by atoms with E-state index in [2.05, 4.69) is 0 Å². The number of nitrogens with two attached hydrogens (primary N) is 1. The molecule has 1 heterocycles. The van der Waals surface area contributed by atoms with Crippen LogP contribution in [0.15, 0.2) is 36.4 Å². The average Bonchev–Trinajstić information content (AvgIpc) is 2.85. The third-order valence-corrected chi connectivity index (χ3v) is 4.96. The Morgan fingerprint density at radius 3 is 2.68 bits per heavy atom. The van der Waals surface area contributed by atoms with Gasteiger partial charge in [-0.1, -0.05) is 36.0 Å². The van der Waals surface area contributed by atoms with E-state index >= 15 is 0 Å². The summed E-state index contributed by atoms with van der Waals surface area (Å²) in [7, 11) is 0. The molecule has 5 heteroatoms. The van der Waals surface area contributed by atoms with E-state index in [1.54, 1.807) is 11.8 Å². The lowest BCUT2D eigenvalue weighted by molar-refractivity contribution is -0.117. The molecule has 1 unspecified atom stereocenters. The summed E-state index contributed by atoms with van der Waals surface area (Å²) in [5.41, 5.74) is 7.54. The summed E-state index contributed by atoms with van der Waals surface area (Å²) in [4.78, 5) is 25.1. The van der Waals surface area contributed by atoms with E-state index in [0.717, 1.165) is 16.5 Å². The lowest BCUT2D eigenvalue weighted by Gasteiger charge is -2.19. The highest BCUT2D eigenvalue weighted by molar-refractivity contribution is 8.13. The third kappa shape index (κ3) is 2.95. The number of rotatable bonds is 3. The second-order valence-electron chi connectivity index (χ2n) is 5.64. The molecule has 114 valence electrons. The van der Waals surface area contributed by atoms with Crippen molar-refractivity contribution < 1.29 is 9.59 Å². The number of amides is 1. The van der Waals surface area contributed by atoms with Crippen molar-refractivity contribution in [3.8, 4) is 0 Å². The molecule has 22 heavy (non-hydrogen) atoms. The Morgan fingerprint density at radius 2 is 2.00 bits per heavy atom. The molecule has 0 saturated carbocycles. The lowest BCUT2D eigenvalue weighted by Crippen LogP contribution is -2.25. The minimum atomic E-state index is 0.0798. The monoisotopic (exact) mass is 314 g/mol. The van der Waals surface area contributed by atoms with Gasteiger partial charge in [0.2, 0.25) is 5.91 Å². The van der Waals surface area contributed by atoms with E-state index in [1.165, 1.54) is 11.8 Å². The molecule has 0 bridgehead atoms. The Kier molecular flexibility index (Phi) is 4.07. The highest BCUT2D eigenvalue weighted by Crippen LogP contribution is 2.34. The van der Waals surface area contributed by atoms with Crippen LogP contribution in [0, 0.1) is 5.92 Å². The summed E-state index contributed by atoms with van der Waals surface area (Å²) in [5.74, 6) is 0.967. The van der Waals surface area contributed by atoms with Crippen LogP contribution < -0.4 is 10.6 Å². The van der Waals surface area contributed by atoms with Crippen molar-refractivity contribution in [2.75, 3.05) is 22.9 Å². The van der Waals surface area contributed by atoms with Crippen molar-refractivity contribution in [1.82, 2.24) is 0 Å². The van der Waals surface area contributed by atoms with E-state index in [4.69, 9.17) is 5.73 Å². The fraction of sp³-hybridized carbons (Fsp3) is 0.294. The molecule has 1 atom stereocenters. The number of thioether (sulfide) groups is 1. The fourth-order valence-electron chi connectivity index (χ4n) is 2.84. The number of anilines is 2. The van der Waals surface area contributed by atoms with E-state index < -0.39 is 0 Å². The van der Waals surface area contributed by atoms with Gasteiger partial charge in [0.05, 0.1) is 11.4 Å². The Hall–Kier alpha value is -2.01. The molecule has 1 aliphatic rings. The van der Waals surface area contributed by atoms with Crippen LogP contribution in [0.1, 0.15) is 13.3 Å². The van der Waals surface area contributed by atoms with Gasteiger partial charge >= 0.3 is 0 Å². The van der Waals surface area contributed by atoms with Gasteiger partial charge in [0.15, 0.2) is 5.12 Å². The molecule has 0 radical (unpaired) electrons. The molecule has 1 amide bonds. The molecule has 2 N–H and O–H groups in total. The topological polar surface area (TPSA) is 63.4 Å². The van der Waals surface area contributed by atoms with Crippen LogP contribution in [0.25, 0.3) is 10.8 Å². The molecule has 2 aromatic carbocycles. The van der Waals surface area contributed by atoms with Gasteiger partial charge in [-0.3, -0.25) is 9.59 Å². The molecule has 0 spiro atoms. The van der Waals surface area contributed by atoms with Gasteiger partial charge in [-0.15, -0.1) is 0 Å². The second kappa shape index (κ2) is 6.01. The zero-order valence-electron chi connectivity index (χ0n) is 12.4. The van der Waals surface area contributed by atoms with E-state index in [9.17, 15) is 9.59 Å². The van der Waals surface area contributed by atoms with Gasteiger partial charge in [0, 0.05) is 25.6 Å². The summed E-state index contributed by atoms with van der Waals surface area (Å²) in [6.07, 6.45) is 0.479. The largest absolute Gasteiger partial charge is 0.397 e. The highest BCUT2D eigenvalue weighted by atomic mass is 32.2. The number of carbonyl (C=O) groups excluding carboxylic acids is 2. The minimum absolute atomic E-state index is 0.0798. The number of carbonyl (C=O) groups is 2. The summed E-state index contributed by atoms with van der Waals surface area (Å²) in [6.45, 7) is 2.18. The molecule has 3 rings (SSSR count). The maximum atomic E-state index is 12.3. The van der Waals surface area contributed by atoms with Gasteiger partial charge in [0.1, 0.15) is 0 Å². The normalized spacial score (nSPS) is 18.1. The van der Waals surface area contributed by atoms with Gasteiger partial charge in [0.25, 0.3) is 0 Å². The molecule has 1 saturated heterocycles. The molecular formula is C17H18N2O2S. The molecule has 0 aromatic heterocycles. The van der Waals surface area contributed by atoms with Gasteiger partial charge < -0.3 is 10.6 Å². The molecule has 0 aliphatic carbocycles. The third-order valence-electron chi connectivity index (χ3n) is 3.91. The van der Waals surface area contributed by atoms with Crippen LogP contribution in [0.5, 0.6) is 0 Å². The Balaban J connectivity index is 1.86. The number of hydrogen-bond donors (Lipinski definition) is 1. The van der Waals surface area contributed by atoms with Gasteiger partial charge in [-0.2, -0.15) is 0 Å². The molecule has 2 aromatic rings. The first-order valence-corrected chi connectivity index (χ1v) is 8.25. The summed E-state index contributed by atoms with van der Waals surface area (Å²) in [5, 5.41) is 2.23. The maximum absolute atomic E-state index is 12.3. The average molecular weight is 314 g/mol. The number of nitrogens with zero attached hydrogens (tertiary/aromatic N) is 1. The highest BCUT2D eigenvalue weighted by Gasteiger charge is 2.31. The summed E-state index contributed by atoms with van der Waals surface area (Å²) < 4.78 is 0. The summed E-state index contributed by atoms with van der Waals surface area (Å²) >= 11 is 1.29. The molecule has 4 nitrogen and oxygen atoms in total. The van der Waals surface area contributed by atoms with Crippen LogP contribution in [-0.2, 0) is 9.59 Å². The van der Waals surface area contributed by atoms with Crippen LogP contribution in [-0.4, -0.2) is 23.3 Å². The van der Waals surface area contributed by atoms with Gasteiger partial charge in [-0.05, 0) is 28.8 Å². The van der Waals surface area contributed by atoms with Crippen molar-refractivity contribution >= 4 is 44.9 Å². The molecular weight excluding hydrogens is 296 g/mol. The van der Waals surface area contributed by atoms with Crippen molar-refractivity contribution in [2.45, 2.75) is 13.3 Å². The first kappa shape index (κ1) is 14.9. The molecule has 1 aliphatic heterocycles. The van der Waals surface area contributed by atoms with Crippen LogP contribution in [0.4, 0.5) is 11.4 Å². The van der Waals surface area contributed by atoms with Crippen molar-refractivity contribution in [3.05, 3.63) is 36.4 Å². The predicted molar refractivity (Wildman–Crippen MR) is 92.0 cm³/mol. The Morgan fingerprint density at radius 1 is 1.32 bits per heavy atom. The number of nitrogen functional groups attached to an aromatic ring is 1. The van der Waals surface area contributed by atoms with Crippen molar-refractivity contribution in [3.63, 3.8) is 0 Å². The van der Waals surface area contributed by atoms with Crippen LogP contribution in [0.3, 0.4) is 0 Å². The first-order chi connectivity index (χ1) is 10.5. The number of fused-ring (bicyclic) bond motifs is 1. The standard InChI is InChI=1S/C17H18N2O2S/c1-11(20)22-10-12-6-17(21)19(9-12)16-8-14-5-3-2-4-13(14)7-15(16)18/h2-5,7-8,12H,6,9-10,18H2,1H3. The van der Waals surface area contributed by atoms with Crippen molar-refractivity contribution in [2.24, 2.45) is 5.92 Å².